The summed E-state index contributed by atoms with van der Waals surface area (Å²) in [7, 11) is 1.65. The summed E-state index contributed by atoms with van der Waals surface area (Å²) in [6.07, 6.45) is 0.722. The third kappa shape index (κ3) is 5.06. The molecule has 0 spiro atoms. The average molecular weight is 496 g/mol. The molecule has 1 aliphatic heterocycles. The van der Waals surface area contributed by atoms with Crippen molar-refractivity contribution >= 4 is 41.8 Å². The van der Waals surface area contributed by atoms with Crippen LogP contribution in [0.25, 0.3) is 0 Å². The number of carbonyl (C=O) groups is 2. The molecule has 0 saturated heterocycles. The van der Waals surface area contributed by atoms with Gasteiger partial charge in [-0.25, -0.2) is 4.39 Å². The zero-order valence-corrected chi connectivity index (χ0v) is 17.8. The number of rotatable bonds is 6. The molecule has 0 atom stereocenters. The van der Waals surface area contributed by atoms with Crippen molar-refractivity contribution in [3.05, 3.63) is 71.0 Å². The minimum absolute atomic E-state index is 0. The summed E-state index contributed by atoms with van der Waals surface area (Å²) in [5.74, 6) is -0.209. The van der Waals surface area contributed by atoms with Gasteiger partial charge >= 0.3 is 0 Å². The molecule has 148 valence electrons. The quantitative estimate of drug-likeness (QED) is 0.279. The number of guanidine groups is 1. The molecule has 1 heterocycles. The highest BCUT2D eigenvalue weighted by atomic mass is 127. The van der Waals surface area contributed by atoms with Crippen LogP contribution in [0.4, 0.5) is 4.39 Å². The third-order valence-electron chi connectivity index (χ3n) is 4.35. The summed E-state index contributed by atoms with van der Waals surface area (Å²) >= 11 is 0. The van der Waals surface area contributed by atoms with Crippen LogP contribution >= 0.6 is 24.0 Å². The maximum absolute atomic E-state index is 12.9. The number of nitrogens with one attached hydrogen (secondary N) is 2. The van der Waals surface area contributed by atoms with Gasteiger partial charge in [-0.1, -0.05) is 24.3 Å². The van der Waals surface area contributed by atoms with Crippen molar-refractivity contribution in [1.82, 2.24) is 15.5 Å². The Morgan fingerprint density at radius 2 is 1.54 bits per heavy atom. The van der Waals surface area contributed by atoms with E-state index in [1.54, 1.807) is 43.4 Å². The van der Waals surface area contributed by atoms with E-state index in [2.05, 4.69) is 15.6 Å². The van der Waals surface area contributed by atoms with Gasteiger partial charge in [-0.05, 0) is 36.2 Å². The number of hydrogen-bond donors (Lipinski definition) is 2. The first-order valence-corrected chi connectivity index (χ1v) is 8.74. The molecule has 8 heteroatoms. The van der Waals surface area contributed by atoms with Crippen LogP contribution in [-0.2, 0) is 6.42 Å². The number of halogens is 2. The van der Waals surface area contributed by atoms with E-state index in [9.17, 15) is 14.0 Å². The summed E-state index contributed by atoms with van der Waals surface area (Å²) in [5, 5.41) is 6.25. The van der Waals surface area contributed by atoms with Gasteiger partial charge < -0.3 is 10.6 Å². The predicted octanol–water partition coefficient (Wildman–Crippen LogP) is 2.45. The fourth-order valence-corrected chi connectivity index (χ4v) is 2.93. The summed E-state index contributed by atoms with van der Waals surface area (Å²) in [5.41, 5.74) is 1.92. The van der Waals surface area contributed by atoms with Crippen LogP contribution in [0.1, 0.15) is 26.3 Å². The van der Waals surface area contributed by atoms with Crippen LogP contribution in [0.3, 0.4) is 0 Å². The van der Waals surface area contributed by atoms with Crippen molar-refractivity contribution in [3.8, 4) is 0 Å². The molecule has 1 aliphatic rings. The molecule has 0 bridgehead atoms. The molecule has 2 amide bonds. The van der Waals surface area contributed by atoms with Crippen LogP contribution in [0.5, 0.6) is 0 Å². The first-order chi connectivity index (χ1) is 13.1. The molecule has 6 nitrogen and oxygen atoms in total. The number of aliphatic imine (C=N–C) groups is 1. The first kappa shape index (κ1) is 21.8. The van der Waals surface area contributed by atoms with Crippen LogP contribution < -0.4 is 10.6 Å². The summed E-state index contributed by atoms with van der Waals surface area (Å²) < 4.78 is 12.9. The standard InChI is InChI=1S/C20H21FN4O2.HI/c1-22-20(23-11-10-14-6-8-15(21)9-7-14)24-12-13-25-18(26)16-4-2-3-5-17(16)19(25)27;/h2-9H,10-13H2,1H3,(H2,22,23,24);1H. The predicted molar refractivity (Wildman–Crippen MR) is 117 cm³/mol. The van der Waals surface area contributed by atoms with Gasteiger partial charge in [-0.15, -0.1) is 24.0 Å². The summed E-state index contributed by atoms with van der Waals surface area (Å²) in [6.45, 7) is 1.27. The molecule has 2 aromatic rings. The van der Waals surface area contributed by atoms with Gasteiger partial charge in [0.15, 0.2) is 5.96 Å². The van der Waals surface area contributed by atoms with E-state index < -0.39 is 0 Å². The molecule has 0 aliphatic carbocycles. The minimum Gasteiger partial charge on any atom is -0.356 e. The van der Waals surface area contributed by atoms with Crippen molar-refractivity contribution in [2.75, 3.05) is 26.7 Å². The second-order valence-corrected chi connectivity index (χ2v) is 6.11. The number of benzene rings is 2. The fraction of sp³-hybridized carbons (Fsp3) is 0.250. The molecule has 0 unspecified atom stereocenters. The average Bonchev–Trinajstić information content (AvgIpc) is 2.93. The Morgan fingerprint density at radius 1 is 0.964 bits per heavy atom. The molecule has 0 saturated carbocycles. The van der Waals surface area contributed by atoms with E-state index in [4.69, 9.17) is 0 Å². The van der Waals surface area contributed by atoms with Crippen molar-refractivity contribution in [1.29, 1.82) is 0 Å². The highest BCUT2D eigenvalue weighted by Gasteiger charge is 2.34. The second-order valence-electron chi connectivity index (χ2n) is 6.11. The number of fused-ring (bicyclic) bond motifs is 1. The lowest BCUT2D eigenvalue weighted by molar-refractivity contribution is 0.0657. The van der Waals surface area contributed by atoms with Gasteiger partial charge in [0.1, 0.15) is 5.82 Å². The van der Waals surface area contributed by atoms with Gasteiger partial charge in [0, 0.05) is 26.7 Å². The van der Waals surface area contributed by atoms with E-state index in [0.717, 1.165) is 12.0 Å². The maximum Gasteiger partial charge on any atom is 0.261 e. The SMILES string of the molecule is CN=C(NCCc1ccc(F)cc1)NCCN1C(=O)c2ccccc2C1=O.I. The van der Waals surface area contributed by atoms with E-state index in [1.807, 2.05) is 0 Å². The molecule has 0 fully saturated rings. The number of imide groups is 1. The third-order valence-corrected chi connectivity index (χ3v) is 4.35. The van der Waals surface area contributed by atoms with E-state index in [-0.39, 0.29) is 48.2 Å². The van der Waals surface area contributed by atoms with Gasteiger partial charge in [0.05, 0.1) is 11.1 Å². The minimum atomic E-state index is -0.267. The van der Waals surface area contributed by atoms with Crippen LogP contribution in [0.15, 0.2) is 53.5 Å². The van der Waals surface area contributed by atoms with E-state index in [1.165, 1.54) is 17.0 Å². The number of amides is 2. The molecule has 2 aromatic carbocycles. The monoisotopic (exact) mass is 496 g/mol. The fourth-order valence-electron chi connectivity index (χ4n) is 2.93. The Balaban J connectivity index is 0.00000280. The Labute approximate surface area is 180 Å². The number of hydrogen-bond acceptors (Lipinski definition) is 3. The lowest BCUT2D eigenvalue weighted by Crippen LogP contribution is -2.43. The Kier molecular flexibility index (Phi) is 7.91. The van der Waals surface area contributed by atoms with Gasteiger partial charge in [0.25, 0.3) is 11.8 Å². The molecule has 2 N–H and O–H groups in total. The Morgan fingerprint density at radius 3 is 2.11 bits per heavy atom. The van der Waals surface area contributed by atoms with E-state index in [0.29, 0.717) is 30.2 Å². The molecule has 3 rings (SSSR count). The van der Waals surface area contributed by atoms with Crippen molar-refractivity contribution in [2.45, 2.75) is 6.42 Å². The molecule has 0 radical (unpaired) electrons. The topological polar surface area (TPSA) is 73.8 Å². The number of carbonyl (C=O) groups excluding carboxylic acids is 2. The lowest BCUT2D eigenvalue weighted by atomic mass is 10.1. The second kappa shape index (κ2) is 10.2. The lowest BCUT2D eigenvalue weighted by Gasteiger charge is -2.16. The molecule has 0 aromatic heterocycles. The van der Waals surface area contributed by atoms with Crippen LogP contribution in [-0.4, -0.2) is 49.4 Å². The molecular weight excluding hydrogens is 474 g/mol. The van der Waals surface area contributed by atoms with Crippen LogP contribution in [0, 0.1) is 5.82 Å². The van der Waals surface area contributed by atoms with Crippen molar-refractivity contribution in [2.24, 2.45) is 4.99 Å². The number of nitrogens with zero attached hydrogens (tertiary/aromatic N) is 2. The maximum atomic E-state index is 12.9. The highest BCUT2D eigenvalue weighted by Crippen LogP contribution is 2.21. The zero-order chi connectivity index (χ0) is 19.2. The van der Waals surface area contributed by atoms with Gasteiger partial charge in [-0.3, -0.25) is 19.5 Å². The molecule has 28 heavy (non-hydrogen) atoms. The first-order valence-electron chi connectivity index (χ1n) is 8.74. The summed E-state index contributed by atoms with van der Waals surface area (Å²) in [6, 6.07) is 13.2. The van der Waals surface area contributed by atoms with Crippen molar-refractivity contribution in [3.63, 3.8) is 0 Å². The van der Waals surface area contributed by atoms with E-state index >= 15 is 0 Å². The normalized spacial score (nSPS) is 13.2. The Hall–Kier alpha value is -2.49. The van der Waals surface area contributed by atoms with Gasteiger partial charge in [-0.2, -0.15) is 0 Å². The Bertz CT molecular complexity index is 836. The van der Waals surface area contributed by atoms with Gasteiger partial charge in [0.2, 0.25) is 0 Å². The highest BCUT2D eigenvalue weighted by molar-refractivity contribution is 14.0. The summed E-state index contributed by atoms with van der Waals surface area (Å²) in [4.78, 5) is 30.0. The zero-order valence-electron chi connectivity index (χ0n) is 15.4. The smallest absolute Gasteiger partial charge is 0.261 e. The molecular formula is C20H22FIN4O2. The largest absolute Gasteiger partial charge is 0.356 e. The van der Waals surface area contributed by atoms with Crippen molar-refractivity contribution < 1.29 is 14.0 Å². The van der Waals surface area contributed by atoms with Crippen LogP contribution in [0.2, 0.25) is 0 Å².